The van der Waals surface area contributed by atoms with Crippen molar-refractivity contribution in [1.29, 1.82) is 0 Å². The number of likely N-dealkylation sites (tertiary alicyclic amines) is 2. The molecular weight excluding hydrogens is 438 g/mol. The molecule has 0 radical (unpaired) electrons. The third-order valence-electron chi connectivity index (χ3n) is 7.42. The lowest BCUT2D eigenvalue weighted by Crippen LogP contribution is -2.45. The molecule has 0 aromatic carbocycles. The first-order valence-corrected chi connectivity index (χ1v) is 11.6. The zero-order valence-electron chi connectivity index (χ0n) is 19.7. The van der Waals surface area contributed by atoms with E-state index in [2.05, 4.69) is 32.3 Å². The molecule has 2 aromatic heterocycles. The summed E-state index contributed by atoms with van der Waals surface area (Å²) < 4.78 is 12.4. The SMILES string of the molecule is COC(CN1CCC2(CC1)CC(C)N(C1=C(C)C(=O)OC1)C2=O)c1ccc(-n2cnnn2)nc1. The maximum Gasteiger partial charge on any atom is 0.336 e. The molecule has 180 valence electrons. The quantitative estimate of drug-likeness (QED) is 0.579. The van der Waals surface area contributed by atoms with Gasteiger partial charge in [-0.05, 0) is 62.7 Å². The van der Waals surface area contributed by atoms with Crippen molar-refractivity contribution < 1.29 is 19.1 Å². The van der Waals surface area contributed by atoms with Gasteiger partial charge in [-0.25, -0.2) is 9.78 Å². The van der Waals surface area contributed by atoms with Crippen LogP contribution in [0.5, 0.6) is 0 Å². The average molecular weight is 468 g/mol. The number of piperidine rings is 1. The van der Waals surface area contributed by atoms with Crippen molar-refractivity contribution in [2.75, 3.05) is 33.4 Å². The lowest BCUT2D eigenvalue weighted by molar-refractivity contribution is -0.139. The van der Waals surface area contributed by atoms with E-state index in [9.17, 15) is 9.59 Å². The van der Waals surface area contributed by atoms with E-state index in [1.54, 1.807) is 20.2 Å². The van der Waals surface area contributed by atoms with Gasteiger partial charge in [-0.3, -0.25) is 4.79 Å². The van der Waals surface area contributed by atoms with Crippen molar-refractivity contribution in [2.24, 2.45) is 5.41 Å². The Morgan fingerprint density at radius 1 is 1.26 bits per heavy atom. The van der Waals surface area contributed by atoms with Crippen LogP contribution in [0.4, 0.5) is 0 Å². The van der Waals surface area contributed by atoms with Crippen LogP contribution in [-0.2, 0) is 19.1 Å². The molecule has 0 N–H and O–H groups in total. The zero-order chi connectivity index (χ0) is 23.9. The second-order valence-corrected chi connectivity index (χ2v) is 9.39. The topological polar surface area (TPSA) is 116 Å². The monoisotopic (exact) mass is 467 g/mol. The molecule has 3 aliphatic rings. The van der Waals surface area contributed by atoms with Gasteiger partial charge in [0, 0.05) is 31.5 Å². The van der Waals surface area contributed by atoms with Gasteiger partial charge in [0.1, 0.15) is 12.9 Å². The van der Waals surface area contributed by atoms with E-state index in [1.165, 1.54) is 11.0 Å². The fraction of sp³-hybridized carbons (Fsp3) is 0.565. The van der Waals surface area contributed by atoms with Gasteiger partial charge in [-0.1, -0.05) is 6.07 Å². The van der Waals surface area contributed by atoms with Gasteiger partial charge >= 0.3 is 5.97 Å². The van der Waals surface area contributed by atoms with E-state index in [0.29, 0.717) is 11.4 Å². The summed E-state index contributed by atoms with van der Waals surface area (Å²) in [5, 5.41) is 11.1. The highest BCUT2D eigenvalue weighted by Gasteiger charge is 2.53. The highest BCUT2D eigenvalue weighted by Crippen LogP contribution is 2.46. The first kappa shape index (κ1) is 22.6. The summed E-state index contributed by atoms with van der Waals surface area (Å²) in [4.78, 5) is 34.0. The number of hydrogen-bond donors (Lipinski definition) is 0. The van der Waals surface area contributed by atoms with Gasteiger partial charge in [0.25, 0.3) is 0 Å². The first-order valence-electron chi connectivity index (χ1n) is 11.6. The Labute approximate surface area is 197 Å². The number of cyclic esters (lactones) is 1. The molecule has 0 aliphatic carbocycles. The molecule has 2 aromatic rings. The number of carbonyl (C=O) groups is 2. The maximum absolute atomic E-state index is 13.5. The molecule has 0 bridgehead atoms. The second kappa shape index (κ2) is 8.88. The molecule has 0 saturated carbocycles. The number of amides is 1. The highest BCUT2D eigenvalue weighted by atomic mass is 16.5. The predicted molar refractivity (Wildman–Crippen MR) is 119 cm³/mol. The van der Waals surface area contributed by atoms with Crippen LogP contribution in [0.3, 0.4) is 0 Å². The van der Waals surface area contributed by atoms with Crippen LogP contribution in [0, 0.1) is 5.41 Å². The number of rotatable bonds is 6. The molecular formula is C23H29N7O4. The van der Waals surface area contributed by atoms with Gasteiger partial charge in [0.15, 0.2) is 5.82 Å². The van der Waals surface area contributed by atoms with Crippen LogP contribution in [0.25, 0.3) is 5.82 Å². The summed E-state index contributed by atoms with van der Waals surface area (Å²) in [5.41, 5.74) is 1.90. The number of ether oxygens (including phenoxy) is 2. The smallest absolute Gasteiger partial charge is 0.336 e. The van der Waals surface area contributed by atoms with Crippen LogP contribution in [-0.4, -0.2) is 86.3 Å². The fourth-order valence-corrected chi connectivity index (χ4v) is 5.43. The third kappa shape index (κ3) is 3.88. The molecule has 2 atom stereocenters. The molecule has 2 unspecified atom stereocenters. The van der Waals surface area contributed by atoms with E-state index >= 15 is 0 Å². The van der Waals surface area contributed by atoms with E-state index < -0.39 is 0 Å². The largest absolute Gasteiger partial charge is 0.456 e. The van der Waals surface area contributed by atoms with Crippen molar-refractivity contribution in [1.82, 2.24) is 35.0 Å². The molecule has 2 saturated heterocycles. The molecule has 34 heavy (non-hydrogen) atoms. The lowest BCUT2D eigenvalue weighted by atomic mass is 9.76. The molecule has 5 heterocycles. The minimum Gasteiger partial charge on any atom is -0.456 e. The van der Waals surface area contributed by atoms with E-state index in [4.69, 9.17) is 9.47 Å². The lowest BCUT2D eigenvalue weighted by Gasteiger charge is -2.39. The van der Waals surface area contributed by atoms with Crippen LogP contribution < -0.4 is 0 Å². The van der Waals surface area contributed by atoms with Crippen molar-refractivity contribution in [3.8, 4) is 5.82 Å². The Kier molecular flexibility index (Phi) is 5.90. The standard InChI is InChI=1S/C23H29N7O4/c1-15-10-23(22(32)30(15)18-13-34-21(31)16(18)2)6-8-28(9-7-23)12-19(33-3)17-4-5-20(24-11-17)29-14-25-26-27-29/h4-5,11,14-15,19H,6-10,12-13H2,1-3H3. The Bertz CT molecular complexity index is 1090. The molecule has 1 amide bonds. The van der Waals surface area contributed by atoms with Crippen molar-refractivity contribution >= 4 is 11.9 Å². The number of carbonyl (C=O) groups excluding carboxylic acids is 2. The number of esters is 1. The Morgan fingerprint density at radius 2 is 2.06 bits per heavy atom. The molecule has 11 heteroatoms. The first-order chi connectivity index (χ1) is 16.4. The fourth-order valence-electron chi connectivity index (χ4n) is 5.43. The summed E-state index contributed by atoms with van der Waals surface area (Å²) in [6, 6.07) is 3.91. The van der Waals surface area contributed by atoms with Gasteiger partial charge in [0.2, 0.25) is 5.91 Å². The van der Waals surface area contributed by atoms with Crippen molar-refractivity contribution in [3.63, 3.8) is 0 Å². The molecule has 2 fully saturated rings. The summed E-state index contributed by atoms with van der Waals surface area (Å²) >= 11 is 0. The summed E-state index contributed by atoms with van der Waals surface area (Å²) in [6.07, 6.45) is 5.55. The maximum atomic E-state index is 13.5. The van der Waals surface area contributed by atoms with Crippen LogP contribution >= 0.6 is 0 Å². The Balaban J connectivity index is 1.23. The summed E-state index contributed by atoms with van der Waals surface area (Å²) in [5.74, 6) is 0.455. The summed E-state index contributed by atoms with van der Waals surface area (Å²) in [7, 11) is 1.70. The molecule has 11 nitrogen and oxygen atoms in total. The predicted octanol–water partition coefficient (Wildman–Crippen LogP) is 1.28. The normalized spacial score (nSPS) is 23.7. The van der Waals surface area contributed by atoms with Crippen LogP contribution in [0.2, 0.25) is 0 Å². The van der Waals surface area contributed by atoms with E-state index in [-0.39, 0.29) is 36.0 Å². The minimum atomic E-state index is -0.369. The van der Waals surface area contributed by atoms with E-state index in [0.717, 1.165) is 50.2 Å². The van der Waals surface area contributed by atoms with Crippen molar-refractivity contribution in [3.05, 3.63) is 41.5 Å². The van der Waals surface area contributed by atoms with Gasteiger partial charge < -0.3 is 19.3 Å². The summed E-state index contributed by atoms with van der Waals surface area (Å²) in [6.45, 7) is 6.35. The second-order valence-electron chi connectivity index (χ2n) is 9.39. The number of pyridine rings is 1. The zero-order valence-corrected chi connectivity index (χ0v) is 19.7. The average Bonchev–Trinajstić information content (AvgIpc) is 3.55. The minimum absolute atomic E-state index is 0.0648. The number of nitrogens with zero attached hydrogens (tertiary/aromatic N) is 7. The van der Waals surface area contributed by atoms with E-state index in [1.807, 2.05) is 17.0 Å². The van der Waals surface area contributed by atoms with Gasteiger partial charge in [0.05, 0.1) is 22.8 Å². The third-order valence-corrected chi connectivity index (χ3v) is 7.42. The number of methoxy groups -OCH3 is 1. The Hall–Kier alpha value is -3.18. The molecule has 5 rings (SSSR count). The van der Waals surface area contributed by atoms with Crippen molar-refractivity contribution in [2.45, 2.75) is 45.3 Å². The van der Waals surface area contributed by atoms with Crippen LogP contribution in [0.15, 0.2) is 35.9 Å². The number of tetrazole rings is 1. The highest BCUT2D eigenvalue weighted by molar-refractivity contribution is 5.94. The van der Waals surface area contributed by atoms with Gasteiger partial charge in [-0.2, -0.15) is 4.68 Å². The van der Waals surface area contributed by atoms with Crippen LogP contribution in [0.1, 0.15) is 44.8 Å². The molecule has 1 spiro atoms. The molecule has 3 aliphatic heterocycles. The number of hydrogen-bond acceptors (Lipinski definition) is 9. The van der Waals surface area contributed by atoms with Gasteiger partial charge in [-0.15, -0.1) is 5.10 Å². The number of aromatic nitrogens is 5. The Morgan fingerprint density at radius 3 is 2.65 bits per heavy atom.